The fourth-order valence-electron chi connectivity index (χ4n) is 4.81. The summed E-state index contributed by atoms with van der Waals surface area (Å²) >= 11 is 0. The molecule has 5 aromatic rings. The van der Waals surface area contributed by atoms with Crippen LogP contribution in [0.2, 0.25) is 0 Å². The van der Waals surface area contributed by atoms with E-state index in [0.717, 1.165) is 41.3 Å². The maximum Gasteiger partial charge on any atom is 0.0669 e. The van der Waals surface area contributed by atoms with Crippen molar-refractivity contribution in [3.63, 3.8) is 0 Å². The van der Waals surface area contributed by atoms with Crippen molar-refractivity contribution in [3.05, 3.63) is 114 Å². The number of nitrogens with zero attached hydrogens (tertiary/aromatic N) is 5. The van der Waals surface area contributed by atoms with Crippen LogP contribution in [0.15, 0.2) is 91.3 Å². The molecule has 1 aliphatic rings. The first-order valence-electron chi connectivity index (χ1n) is 11.3. The van der Waals surface area contributed by atoms with Crippen LogP contribution in [0.4, 0.5) is 17.1 Å². The molecular weight excluding hydrogens is 406 g/mol. The Bertz CT molecular complexity index is 1450. The summed E-state index contributed by atoms with van der Waals surface area (Å²) in [5, 5.41) is 9.16. The van der Waals surface area contributed by atoms with E-state index in [9.17, 15) is 0 Å². The molecule has 0 N–H and O–H groups in total. The zero-order valence-electron chi connectivity index (χ0n) is 18.8. The van der Waals surface area contributed by atoms with Gasteiger partial charge in [-0.3, -0.25) is 0 Å². The smallest absolute Gasteiger partial charge is 0.0669 e. The molecule has 3 heterocycles. The predicted octanol–water partition coefficient (Wildman–Crippen LogP) is 6.24. The van der Waals surface area contributed by atoms with E-state index in [0.29, 0.717) is 0 Å². The molecule has 5 heteroatoms. The molecule has 0 fully saturated rings. The molecule has 0 spiro atoms. The third kappa shape index (κ3) is 3.42. The minimum absolute atomic E-state index is 0.999. The normalized spacial score (nSPS) is 12.8. The van der Waals surface area contributed by atoms with Crippen molar-refractivity contribution in [2.75, 3.05) is 4.90 Å². The third-order valence-electron chi connectivity index (χ3n) is 6.32. The van der Waals surface area contributed by atoms with Gasteiger partial charge in [0.05, 0.1) is 22.8 Å². The van der Waals surface area contributed by atoms with Crippen molar-refractivity contribution in [3.8, 4) is 11.4 Å². The molecule has 0 atom stereocenters. The summed E-state index contributed by atoms with van der Waals surface area (Å²) in [5.74, 6) is 0. The average Bonchev–Trinajstić information content (AvgIpc) is 3.45. The number of aromatic nitrogens is 4. The lowest BCUT2D eigenvalue weighted by Gasteiger charge is -2.28. The van der Waals surface area contributed by atoms with Gasteiger partial charge in [0.15, 0.2) is 0 Å². The molecular formula is C28H25N5. The Hall–Kier alpha value is -4.12. The van der Waals surface area contributed by atoms with Crippen LogP contribution >= 0.6 is 0 Å². The van der Waals surface area contributed by atoms with Gasteiger partial charge in [0.2, 0.25) is 0 Å². The second-order valence-corrected chi connectivity index (χ2v) is 8.59. The maximum absolute atomic E-state index is 4.73. The number of rotatable bonds is 3. The van der Waals surface area contributed by atoms with Crippen LogP contribution in [0.5, 0.6) is 0 Å². The van der Waals surface area contributed by atoms with Crippen LogP contribution in [-0.2, 0) is 12.8 Å². The predicted molar refractivity (Wildman–Crippen MR) is 132 cm³/mol. The van der Waals surface area contributed by atoms with Gasteiger partial charge in [0, 0.05) is 29.5 Å². The number of aryl methyl sites for hydroxylation is 4. The van der Waals surface area contributed by atoms with E-state index in [-0.39, 0.29) is 0 Å². The molecule has 3 aromatic carbocycles. The second kappa shape index (κ2) is 7.78. The molecule has 0 saturated carbocycles. The zero-order chi connectivity index (χ0) is 22.4. The van der Waals surface area contributed by atoms with Gasteiger partial charge in [-0.1, -0.05) is 30.3 Å². The van der Waals surface area contributed by atoms with E-state index in [1.54, 1.807) is 0 Å². The van der Waals surface area contributed by atoms with Crippen molar-refractivity contribution in [1.82, 2.24) is 19.6 Å². The van der Waals surface area contributed by atoms with Crippen molar-refractivity contribution in [2.24, 2.45) is 0 Å². The molecule has 0 saturated heterocycles. The fraction of sp³-hybridized carbons (Fsp3) is 0.143. The monoisotopic (exact) mass is 431 g/mol. The van der Waals surface area contributed by atoms with E-state index in [1.165, 1.54) is 22.5 Å². The van der Waals surface area contributed by atoms with Crippen LogP contribution in [0.1, 0.15) is 22.5 Å². The standard InChI is InChI=1S/C28H25N5/c1-20-17-21(2)33(30-20)26-14-13-23-12-11-22-7-3-4-10-27(22)32(28(23)19-26)25-9-5-8-24(18-25)31-16-6-15-29-31/h3-10,13-19H,11-12H2,1-2H3. The largest absolute Gasteiger partial charge is 0.310 e. The molecule has 6 rings (SSSR count). The summed E-state index contributed by atoms with van der Waals surface area (Å²) < 4.78 is 3.94. The average molecular weight is 432 g/mol. The van der Waals surface area contributed by atoms with Gasteiger partial charge in [-0.05, 0) is 86.3 Å². The van der Waals surface area contributed by atoms with Crippen molar-refractivity contribution < 1.29 is 0 Å². The first-order valence-corrected chi connectivity index (χ1v) is 11.3. The molecule has 33 heavy (non-hydrogen) atoms. The zero-order valence-corrected chi connectivity index (χ0v) is 18.8. The lowest BCUT2D eigenvalue weighted by Crippen LogP contribution is -2.13. The van der Waals surface area contributed by atoms with Crippen molar-refractivity contribution in [2.45, 2.75) is 26.7 Å². The first-order chi connectivity index (χ1) is 16.2. The number of anilines is 3. The summed E-state index contributed by atoms with van der Waals surface area (Å²) in [6, 6.07) is 28.1. The molecule has 1 aliphatic heterocycles. The Kier molecular flexibility index (Phi) is 4.61. The van der Waals surface area contributed by atoms with E-state index >= 15 is 0 Å². The van der Waals surface area contributed by atoms with Gasteiger partial charge in [-0.25, -0.2) is 9.36 Å². The highest BCUT2D eigenvalue weighted by Crippen LogP contribution is 2.42. The molecule has 5 nitrogen and oxygen atoms in total. The number of benzene rings is 3. The Balaban J connectivity index is 1.57. The van der Waals surface area contributed by atoms with E-state index in [2.05, 4.69) is 89.7 Å². The summed E-state index contributed by atoms with van der Waals surface area (Å²) in [5.41, 5.74) is 10.5. The Morgan fingerprint density at radius 2 is 1.52 bits per heavy atom. The molecule has 0 radical (unpaired) electrons. The van der Waals surface area contributed by atoms with Crippen molar-refractivity contribution in [1.29, 1.82) is 0 Å². The van der Waals surface area contributed by atoms with Crippen LogP contribution in [0.3, 0.4) is 0 Å². The summed E-state index contributed by atoms with van der Waals surface area (Å²) in [4.78, 5) is 2.39. The van der Waals surface area contributed by atoms with E-state index in [4.69, 9.17) is 5.10 Å². The highest BCUT2D eigenvalue weighted by molar-refractivity contribution is 5.83. The molecule has 2 aromatic heterocycles. The van der Waals surface area contributed by atoms with Gasteiger partial charge in [0.25, 0.3) is 0 Å². The quantitative estimate of drug-likeness (QED) is 0.339. The van der Waals surface area contributed by atoms with Gasteiger partial charge < -0.3 is 4.90 Å². The first kappa shape index (κ1) is 19.6. The van der Waals surface area contributed by atoms with E-state index < -0.39 is 0 Å². The summed E-state index contributed by atoms with van der Waals surface area (Å²) in [6.07, 6.45) is 5.80. The lowest BCUT2D eigenvalue weighted by molar-refractivity contribution is 0.832. The maximum atomic E-state index is 4.73. The van der Waals surface area contributed by atoms with Crippen LogP contribution in [0, 0.1) is 13.8 Å². The SMILES string of the molecule is Cc1cc(C)n(-c2ccc3c(c2)N(c2cccc(-n4cccn4)c2)c2ccccc2CC3)n1. The number of hydrogen-bond acceptors (Lipinski definition) is 3. The van der Waals surface area contributed by atoms with E-state index in [1.807, 2.05) is 34.7 Å². The van der Waals surface area contributed by atoms with Gasteiger partial charge >= 0.3 is 0 Å². The van der Waals surface area contributed by atoms with Crippen molar-refractivity contribution >= 4 is 17.1 Å². The summed E-state index contributed by atoms with van der Waals surface area (Å²) in [7, 11) is 0. The number of para-hydroxylation sites is 1. The molecule has 0 amide bonds. The minimum Gasteiger partial charge on any atom is -0.310 e. The Morgan fingerprint density at radius 3 is 2.30 bits per heavy atom. The second-order valence-electron chi connectivity index (χ2n) is 8.59. The van der Waals surface area contributed by atoms with Crippen LogP contribution < -0.4 is 4.90 Å². The van der Waals surface area contributed by atoms with Gasteiger partial charge in [0.1, 0.15) is 0 Å². The molecule has 0 aliphatic carbocycles. The van der Waals surface area contributed by atoms with Gasteiger partial charge in [-0.15, -0.1) is 0 Å². The third-order valence-corrected chi connectivity index (χ3v) is 6.32. The number of hydrogen-bond donors (Lipinski definition) is 0. The number of fused-ring (bicyclic) bond motifs is 2. The molecule has 0 unspecified atom stereocenters. The van der Waals surface area contributed by atoms with Gasteiger partial charge in [-0.2, -0.15) is 10.2 Å². The Morgan fingerprint density at radius 1 is 0.697 bits per heavy atom. The highest BCUT2D eigenvalue weighted by Gasteiger charge is 2.23. The Labute approximate surface area is 193 Å². The molecule has 0 bridgehead atoms. The highest BCUT2D eigenvalue weighted by atomic mass is 15.3. The minimum atomic E-state index is 0.999. The van der Waals surface area contributed by atoms with Crippen LogP contribution in [-0.4, -0.2) is 19.6 Å². The molecule has 162 valence electrons. The van der Waals surface area contributed by atoms with Crippen LogP contribution in [0.25, 0.3) is 11.4 Å². The topological polar surface area (TPSA) is 38.9 Å². The fourth-order valence-corrected chi connectivity index (χ4v) is 4.81. The lowest BCUT2D eigenvalue weighted by atomic mass is 10.0. The summed E-state index contributed by atoms with van der Waals surface area (Å²) in [6.45, 7) is 4.14.